The topological polar surface area (TPSA) is 37.8 Å². The molecule has 1 aromatic heterocycles. The van der Waals surface area contributed by atoms with Gasteiger partial charge in [0.2, 0.25) is 5.13 Å². The standard InChI is InChI=1S/C15H18FN3S/c1-10(11-6-4-7-11)17-15-19-18-14(20-15)9-12-5-2-3-8-13(12)16/h2-3,5,8,10-11H,4,6-7,9H2,1H3,(H,17,19). The van der Waals surface area contributed by atoms with Gasteiger partial charge in [0.05, 0.1) is 0 Å². The second-order valence-electron chi connectivity index (χ2n) is 5.39. The van der Waals surface area contributed by atoms with Crippen LogP contribution < -0.4 is 5.32 Å². The molecule has 3 nitrogen and oxygen atoms in total. The quantitative estimate of drug-likeness (QED) is 0.908. The maximum atomic E-state index is 13.6. The molecule has 5 heteroatoms. The molecule has 1 aromatic carbocycles. The van der Waals surface area contributed by atoms with Crippen molar-refractivity contribution in [1.29, 1.82) is 0 Å². The van der Waals surface area contributed by atoms with Crippen molar-refractivity contribution in [2.24, 2.45) is 5.92 Å². The molecule has 0 saturated heterocycles. The number of aromatic nitrogens is 2. The second kappa shape index (κ2) is 5.87. The van der Waals surface area contributed by atoms with E-state index in [-0.39, 0.29) is 5.82 Å². The van der Waals surface area contributed by atoms with Gasteiger partial charge in [-0.3, -0.25) is 0 Å². The predicted molar refractivity (Wildman–Crippen MR) is 79.5 cm³/mol. The smallest absolute Gasteiger partial charge is 0.205 e. The van der Waals surface area contributed by atoms with Gasteiger partial charge in [-0.1, -0.05) is 36.0 Å². The van der Waals surface area contributed by atoms with Crippen LogP contribution in [0.15, 0.2) is 24.3 Å². The maximum absolute atomic E-state index is 13.6. The van der Waals surface area contributed by atoms with Gasteiger partial charge in [0.25, 0.3) is 0 Å². The zero-order valence-corrected chi connectivity index (χ0v) is 12.3. The average Bonchev–Trinajstić information content (AvgIpc) is 2.77. The lowest BCUT2D eigenvalue weighted by Crippen LogP contribution is -2.30. The Morgan fingerprint density at radius 1 is 1.35 bits per heavy atom. The Kier molecular flexibility index (Phi) is 3.96. The van der Waals surface area contributed by atoms with Crippen LogP contribution in [0.5, 0.6) is 0 Å². The van der Waals surface area contributed by atoms with Crippen LogP contribution in [-0.4, -0.2) is 16.2 Å². The lowest BCUT2D eigenvalue weighted by Gasteiger charge is -2.31. The third-order valence-corrected chi connectivity index (χ3v) is 4.83. The Morgan fingerprint density at radius 2 is 2.15 bits per heavy atom. The third-order valence-electron chi connectivity index (χ3n) is 3.97. The van der Waals surface area contributed by atoms with Crippen molar-refractivity contribution in [1.82, 2.24) is 10.2 Å². The Balaban J connectivity index is 1.63. The molecule has 1 saturated carbocycles. The lowest BCUT2D eigenvalue weighted by atomic mass is 9.80. The number of benzene rings is 1. The van der Waals surface area contributed by atoms with E-state index in [1.54, 1.807) is 12.1 Å². The highest BCUT2D eigenvalue weighted by molar-refractivity contribution is 7.15. The molecule has 0 aliphatic heterocycles. The van der Waals surface area contributed by atoms with Gasteiger partial charge in [0.15, 0.2) is 0 Å². The monoisotopic (exact) mass is 291 g/mol. The van der Waals surface area contributed by atoms with Crippen molar-refractivity contribution < 1.29 is 4.39 Å². The van der Waals surface area contributed by atoms with Crippen LogP contribution in [-0.2, 0) is 6.42 Å². The van der Waals surface area contributed by atoms with E-state index in [1.165, 1.54) is 36.7 Å². The van der Waals surface area contributed by atoms with Crippen molar-refractivity contribution >= 4 is 16.5 Å². The molecular formula is C15H18FN3S. The summed E-state index contributed by atoms with van der Waals surface area (Å²) < 4.78 is 13.6. The Hall–Kier alpha value is -1.49. The first kappa shape index (κ1) is 13.5. The molecule has 1 aliphatic rings. The molecule has 0 bridgehead atoms. The molecule has 1 unspecified atom stereocenters. The fourth-order valence-corrected chi connectivity index (χ4v) is 3.30. The second-order valence-corrected chi connectivity index (χ2v) is 6.46. The van der Waals surface area contributed by atoms with Gasteiger partial charge in [-0.2, -0.15) is 0 Å². The van der Waals surface area contributed by atoms with Crippen LogP contribution in [0, 0.1) is 11.7 Å². The molecular weight excluding hydrogens is 273 g/mol. The van der Waals surface area contributed by atoms with Crippen LogP contribution >= 0.6 is 11.3 Å². The number of nitrogens with one attached hydrogen (secondary N) is 1. The van der Waals surface area contributed by atoms with Gasteiger partial charge in [-0.05, 0) is 37.3 Å². The summed E-state index contributed by atoms with van der Waals surface area (Å²) in [6, 6.07) is 7.26. The first-order valence-corrected chi connectivity index (χ1v) is 7.86. The summed E-state index contributed by atoms with van der Waals surface area (Å²) in [6.07, 6.45) is 4.44. The Labute approximate surface area is 122 Å². The molecule has 1 fully saturated rings. The van der Waals surface area contributed by atoms with E-state index in [9.17, 15) is 4.39 Å². The third kappa shape index (κ3) is 2.98. The van der Waals surface area contributed by atoms with E-state index in [0.29, 0.717) is 18.0 Å². The highest BCUT2D eigenvalue weighted by Gasteiger charge is 2.24. The average molecular weight is 291 g/mol. The molecule has 0 radical (unpaired) electrons. The van der Waals surface area contributed by atoms with Gasteiger partial charge in [0.1, 0.15) is 10.8 Å². The largest absolute Gasteiger partial charge is 0.357 e. The lowest BCUT2D eigenvalue weighted by molar-refractivity contribution is 0.285. The first-order chi connectivity index (χ1) is 9.72. The predicted octanol–water partition coefficient (Wildman–Crippen LogP) is 3.87. The zero-order chi connectivity index (χ0) is 13.9. The van der Waals surface area contributed by atoms with Gasteiger partial charge < -0.3 is 5.32 Å². The normalized spacial score (nSPS) is 16.7. The van der Waals surface area contributed by atoms with Gasteiger partial charge in [-0.25, -0.2) is 4.39 Å². The minimum atomic E-state index is -0.181. The van der Waals surface area contributed by atoms with Crippen LogP contribution in [0.1, 0.15) is 36.8 Å². The van der Waals surface area contributed by atoms with E-state index < -0.39 is 0 Å². The summed E-state index contributed by atoms with van der Waals surface area (Å²) in [6.45, 7) is 2.20. The summed E-state index contributed by atoms with van der Waals surface area (Å²) in [5, 5.41) is 13.4. The molecule has 106 valence electrons. The molecule has 0 amide bonds. The zero-order valence-electron chi connectivity index (χ0n) is 11.5. The summed E-state index contributed by atoms with van der Waals surface area (Å²) in [5.74, 6) is 0.578. The minimum Gasteiger partial charge on any atom is -0.357 e. The van der Waals surface area contributed by atoms with E-state index in [4.69, 9.17) is 0 Å². The van der Waals surface area contributed by atoms with Crippen molar-refractivity contribution in [3.8, 4) is 0 Å². The van der Waals surface area contributed by atoms with Crippen LogP contribution in [0.3, 0.4) is 0 Å². The van der Waals surface area contributed by atoms with Crippen molar-refractivity contribution in [3.63, 3.8) is 0 Å². The van der Waals surface area contributed by atoms with Crippen LogP contribution in [0.2, 0.25) is 0 Å². The van der Waals surface area contributed by atoms with E-state index in [2.05, 4.69) is 22.4 Å². The number of hydrogen-bond acceptors (Lipinski definition) is 4. The van der Waals surface area contributed by atoms with E-state index >= 15 is 0 Å². The molecule has 3 rings (SSSR count). The molecule has 1 heterocycles. The fourth-order valence-electron chi connectivity index (χ4n) is 2.44. The molecule has 1 atom stereocenters. The van der Waals surface area contributed by atoms with Gasteiger partial charge in [-0.15, -0.1) is 10.2 Å². The molecule has 1 N–H and O–H groups in total. The van der Waals surface area contributed by atoms with Crippen molar-refractivity contribution in [3.05, 3.63) is 40.7 Å². The van der Waals surface area contributed by atoms with E-state index in [1.807, 2.05) is 6.07 Å². The fraction of sp³-hybridized carbons (Fsp3) is 0.467. The maximum Gasteiger partial charge on any atom is 0.205 e. The molecule has 2 aromatic rings. The van der Waals surface area contributed by atoms with Crippen LogP contribution in [0.4, 0.5) is 9.52 Å². The van der Waals surface area contributed by atoms with E-state index in [0.717, 1.165) is 16.1 Å². The van der Waals surface area contributed by atoms with Crippen molar-refractivity contribution in [2.75, 3.05) is 5.32 Å². The van der Waals surface area contributed by atoms with Crippen molar-refractivity contribution in [2.45, 2.75) is 38.6 Å². The highest BCUT2D eigenvalue weighted by atomic mass is 32.1. The van der Waals surface area contributed by atoms with Gasteiger partial charge in [0, 0.05) is 12.5 Å². The molecule has 0 spiro atoms. The first-order valence-electron chi connectivity index (χ1n) is 7.04. The highest BCUT2D eigenvalue weighted by Crippen LogP contribution is 2.31. The Morgan fingerprint density at radius 3 is 2.85 bits per heavy atom. The summed E-state index contributed by atoms with van der Waals surface area (Å²) in [4.78, 5) is 0. The minimum absolute atomic E-state index is 0.181. The number of hydrogen-bond donors (Lipinski definition) is 1. The van der Waals surface area contributed by atoms with Crippen LogP contribution in [0.25, 0.3) is 0 Å². The number of anilines is 1. The number of rotatable bonds is 5. The number of halogens is 1. The number of nitrogens with zero attached hydrogens (tertiary/aromatic N) is 2. The summed E-state index contributed by atoms with van der Waals surface area (Å²) in [7, 11) is 0. The Bertz CT molecular complexity index is 580. The van der Waals surface area contributed by atoms with Gasteiger partial charge >= 0.3 is 0 Å². The molecule has 20 heavy (non-hydrogen) atoms. The molecule has 1 aliphatic carbocycles. The summed E-state index contributed by atoms with van der Waals surface area (Å²) >= 11 is 1.52. The SMILES string of the molecule is CC(Nc1nnc(Cc2ccccc2F)s1)C1CCC1. The summed E-state index contributed by atoms with van der Waals surface area (Å²) in [5.41, 5.74) is 0.669.